The van der Waals surface area contributed by atoms with E-state index in [1.54, 1.807) is 12.1 Å². The molecule has 2 rings (SSSR count). The van der Waals surface area contributed by atoms with Gasteiger partial charge in [-0.1, -0.05) is 12.1 Å². The van der Waals surface area contributed by atoms with Crippen LogP contribution >= 0.6 is 0 Å². The molecule has 0 fully saturated rings. The molecule has 0 atom stereocenters. The molecule has 0 amide bonds. The summed E-state index contributed by atoms with van der Waals surface area (Å²) in [6, 6.07) is 8.12. The lowest BCUT2D eigenvalue weighted by Crippen LogP contribution is -1.97. The number of nitrogen functional groups attached to an aromatic ring is 1. The molecule has 82 valence electrons. The lowest BCUT2D eigenvalue weighted by molar-refractivity contribution is 0.424. The number of aryl methyl sites for hydroxylation is 1. The van der Waals surface area contributed by atoms with E-state index in [-0.39, 0.29) is 5.88 Å². The Hall–Kier alpha value is -2.10. The molecule has 2 aromatic rings. The zero-order valence-electron chi connectivity index (χ0n) is 8.77. The first kappa shape index (κ1) is 10.4. The summed E-state index contributed by atoms with van der Waals surface area (Å²) in [5, 5.41) is 0. The minimum Gasteiger partial charge on any atom is -0.434 e. The summed E-state index contributed by atoms with van der Waals surface area (Å²) in [5.74, 6) is -0.166. The molecule has 2 N–H and O–H groups in total. The van der Waals surface area contributed by atoms with Crippen molar-refractivity contribution in [2.24, 2.45) is 0 Å². The van der Waals surface area contributed by atoms with E-state index >= 15 is 0 Å². The fourth-order valence-electron chi connectivity index (χ4n) is 1.29. The SMILES string of the molecule is Cc1cccc(Oc2ncccc2F)c1N. The Bertz CT molecular complexity index is 514. The number of halogens is 1. The fourth-order valence-corrected chi connectivity index (χ4v) is 1.29. The summed E-state index contributed by atoms with van der Waals surface area (Å²) in [5.41, 5.74) is 7.18. The van der Waals surface area contributed by atoms with Gasteiger partial charge in [0, 0.05) is 6.20 Å². The van der Waals surface area contributed by atoms with Crippen LogP contribution in [-0.2, 0) is 0 Å². The lowest BCUT2D eigenvalue weighted by Gasteiger charge is -2.09. The molecule has 16 heavy (non-hydrogen) atoms. The van der Waals surface area contributed by atoms with Gasteiger partial charge in [0.25, 0.3) is 5.88 Å². The molecule has 0 unspecified atom stereocenters. The van der Waals surface area contributed by atoms with E-state index in [1.807, 2.05) is 13.0 Å². The van der Waals surface area contributed by atoms with Crippen molar-refractivity contribution in [2.75, 3.05) is 5.73 Å². The molecule has 0 saturated carbocycles. The van der Waals surface area contributed by atoms with Gasteiger partial charge in [-0.3, -0.25) is 0 Å². The molecule has 0 bridgehead atoms. The highest BCUT2D eigenvalue weighted by Gasteiger charge is 2.08. The Morgan fingerprint density at radius 2 is 2.06 bits per heavy atom. The van der Waals surface area contributed by atoms with Crippen LogP contribution in [0, 0.1) is 12.7 Å². The summed E-state index contributed by atoms with van der Waals surface area (Å²) in [4.78, 5) is 3.79. The monoisotopic (exact) mass is 218 g/mol. The van der Waals surface area contributed by atoms with Crippen LogP contribution in [-0.4, -0.2) is 4.98 Å². The Kier molecular flexibility index (Phi) is 2.72. The highest BCUT2D eigenvalue weighted by atomic mass is 19.1. The van der Waals surface area contributed by atoms with Crippen LogP contribution in [0.15, 0.2) is 36.5 Å². The number of ether oxygens (including phenoxy) is 1. The number of pyridine rings is 1. The minimum atomic E-state index is -0.511. The topological polar surface area (TPSA) is 48.1 Å². The molecule has 0 aliphatic heterocycles. The van der Waals surface area contributed by atoms with Crippen LogP contribution < -0.4 is 10.5 Å². The van der Waals surface area contributed by atoms with Gasteiger partial charge in [0.05, 0.1) is 5.69 Å². The average molecular weight is 218 g/mol. The molecular weight excluding hydrogens is 207 g/mol. The second kappa shape index (κ2) is 4.18. The largest absolute Gasteiger partial charge is 0.434 e. The number of rotatable bonds is 2. The third-order valence-electron chi connectivity index (χ3n) is 2.22. The lowest BCUT2D eigenvalue weighted by atomic mass is 10.2. The summed E-state index contributed by atoms with van der Waals surface area (Å²) < 4.78 is 18.6. The van der Waals surface area contributed by atoms with Crippen LogP contribution in [0.3, 0.4) is 0 Å². The second-order valence-electron chi connectivity index (χ2n) is 3.38. The molecule has 0 spiro atoms. The summed E-state index contributed by atoms with van der Waals surface area (Å²) in [6.45, 7) is 1.86. The molecule has 4 heteroatoms. The van der Waals surface area contributed by atoms with E-state index in [0.29, 0.717) is 11.4 Å². The van der Waals surface area contributed by atoms with Gasteiger partial charge < -0.3 is 10.5 Å². The molecule has 1 aromatic heterocycles. The molecule has 3 nitrogen and oxygen atoms in total. The highest BCUT2D eigenvalue weighted by molar-refractivity contribution is 5.58. The third-order valence-corrected chi connectivity index (χ3v) is 2.22. The van der Waals surface area contributed by atoms with Gasteiger partial charge in [-0.2, -0.15) is 0 Å². The van der Waals surface area contributed by atoms with Crippen molar-refractivity contribution in [1.82, 2.24) is 4.98 Å². The number of nitrogens with zero attached hydrogens (tertiary/aromatic N) is 1. The standard InChI is InChI=1S/C12H11FN2O/c1-8-4-2-6-10(11(8)14)16-12-9(13)5-3-7-15-12/h2-7H,14H2,1H3. The number of hydrogen-bond acceptors (Lipinski definition) is 3. The quantitative estimate of drug-likeness (QED) is 0.788. The third kappa shape index (κ3) is 1.95. The van der Waals surface area contributed by atoms with Crippen LogP contribution in [0.5, 0.6) is 11.6 Å². The molecule has 0 aliphatic rings. The molecular formula is C12H11FN2O. The maximum absolute atomic E-state index is 13.3. The zero-order valence-corrected chi connectivity index (χ0v) is 8.77. The smallest absolute Gasteiger partial charge is 0.255 e. The summed E-state index contributed by atoms with van der Waals surface area (Å²) in [7, 11) is 0. The molecule has 0 aliphatic carbocycles. The van der Waals surface area contributed by atoms with Gasteiger partial charge >= 0.3 is 0 Å². The maximum atomic E-state index is 13.3. The van der Waals surface area contributed by atoms with Gasteiger partial charge in [0.2, 0.25) is 0 Å². The Morgan fingerprint density at radius 3 is 2.81 bits per heavy atom. The molecule has 1 aromatic carbocycles. The Balaban J connectivity index is 2.35. The molecule has 1 heterocycles. The van der Waals surface area contributed by atoms with Gasteiger partial charge in [0.1, 0.15) is 0 Å². The van der Waals surface area contributed by atoms with E-state index < -0.39 is 5.82 Å². The minimum absolute atomic E-state index is 0.0696. The van der Waals surface area contributed by atoms with Crippen molar-refractivity contribution in [2.45, 2.75) is 6.92 Å². The van der Waals surface area contributed by atoms with Crippen LogP contribution in [0.25, 0.3) is 0 Å². The predicted molar refractivity (Wildman–Crippen MR) is 59.9 cm³/mol. The predicted octanol–water partition coefficient (Wildman–Crippen LogP) is 2.90. The van der Waals surface area contributed by atoms with Crippen molar-refractivity contribution in [3.63, 3.8) is 0 Å². The van der Waals surface area contributed by atoms with Gasteiger partial charge in [-0.05, 0) is 30.7 Å². The first-order chi connectivity index (χ1) is 7.68. The van der Waals surface area contributed by atoms with Crippen molar-refractivity contribution in [1.29, 1.82) is 0 Å². The normalized spacial score (nSPS) is 10.1. The summed E-state index contributed by atoms with van der Waals surface area (Å²) >= 11 is 0. The van der Waals surface area contributed by atoms with E-state index in [9.17, 15) is 4.39 Å². The van der Waals surface area contributed by atoms with Gasteiger partial charge in [-0.15, -0.1) is 0 Å². The number of hydrogen-bond donors (Lipinski definition) is 1. The van der Waals surface area contributed by atoms with Gasteiger partial charge in [-0.25, -0.2) is 9.37 Å². The van der Waals surface area contributed by atoms with Crippen LogP contribution in [0.2, 0.25) is 0 Å². The first-order valence-corrected chi connectivity index (χ1v) is 4.82. The van der Waals surface area contributed by atoms with E-state index in [4.69, 9.17) is 10.5 Å². The van der Waals surface area contributed by atoms with E-state index in [0.717, 1.165) is 5.56 Å². The van der Waals surface area contributed by atoms with Crippen molar-refractivity contribution in [3.05, 3.63) is 47.9 Å². The zero-order chi connectivity index (χ0) is 11.5. The first-order valence-electron chi connectivity index (χ1n) is 4.82. The molecule has 0 saturated heterocycles. The second-order valence-corrected chi connectivity index (χ2v) is 3.38. The number of benzene rings is 1. The van der Waals surface area contributed by atoms with Crippen LogP contribution in [0.4, 0.5) is 10.1 Å². The number of aromatic nitrogens is 1. The summed E-state index contributed by atoms with van der Waals surface area (Å²) in [6.07, 6.45) is 1.46. The van der Waals surface area contributed by atoms with Gasteiger partial charge in [0.15, 0.2) is 11.6 Å². The highest BCUT2D eigenvalue weighted by Crippen LogP contribution is 2.29. The fraction of sp³-hybridized carbons (Fsp3) is 0.0833. The average Bonchev–Trinajstić information content (AvgIpc) is 2.28. The van der Waals surface area contributed by atoms with Crippen molar-refractivity contribution >= 4 is 5.69 Å². The maximum Gasteiger partial charge on any atom is 0.255 e. The van der Waals surface area contributed by atoms with Crippen LogP contribution in [0.1, 0.15) is 5.56 Å². The number of anilines is 1. The molecule has 0 radical (unpaired) electrons. The van der Waals surface area contributed by atoms with Crippen molar-refractivity contribution < 1.29 is 9.13 Å². The van der Waals surface area contributed by atoms with Crippen molar-refractivity contribution in [3.8, 4) is 11.6 Å². The number of para-hydroxylation sites is 1. The Morgan fingerprint density at radius 1 is 1.25 bits per heavy atom. The number of nitrogens with two attached hydrogens (primary N) is 1. The van der Waals surface area contributed by atoms with E-state index in [2.05, 4.69) is 4.98 Å². The Labute approximate surface area is 92.7 Å². The van der Waals surface area contributed by atoms with E-state index in [1.165, 1.54) is 18.3 Å².